The number of fused-ring (bicyclic) bond motifs is 1. The zero-order valence-corrected chi connectivity index (χ0v) is 21.9. The Morgan fingerprint density at radius 3 is 2.39 bits per heavy atom. The Morgan fingerprint density at radius 1 is 1.00 bits per heavy atom. The number of carbonyl (C=O) groups is 1. The number of aromatic nitrogens is 2. The van der Waals surface area contributed by atoms with Gasteiger partial charge >= 0.3 is 5.97 Å². The average Bonchev–Trinajstić information content (AvgIpc) is 3.67. The molecular formula is C33H33N3O2. The number of hydrogen-bond donors (Lipinski definition) is 1. The number of benzene rings is 3. The maximum atomic E-state index is 11.0. The highest BCUT2D eigenvalue weighted by Gasteiger charge is 2.34. The second kappa shape index (κ2) is 9.97. The van der Waals surface area contributed by atoms with Crippen LogP contribution in [0.2, 0.25) is 0 Å². The van der Waals surface area contributed by atoms with Crippen molar-refractivity contribution in [2.45, 2.75) is 57.7 Å². The minimum atomic E-state index is -0.940. The summed E-state index contributed by atoms with van der Waals surface area (Å²) in [5, 5.41) is 13.5. The van der Waals surface area contributed by atoms with E-state index in [1.54, 1.807) is 6.08 Å². The number of carboxylic acids is 1. The second-order valence-corrected chi connectivity index (χ2v) is 10.6. The van der Waals surface area contributed by atoms with Gasteiger partial charge in [0.2, 0.25) is 0 Å². The van der Waals surface area contributed by atoms with Gasteiger partial charge in [-0.05, 0) is 90.6 Å². The topological polar surface area (TPSA) is 58.4 Å². The van der Waals surface area contributed by atoms with Crippen LogP contribution in [-0.4, -0.2) is 26.9 Å². The van der Waals surface area contributed by atoms with Crippen LogP contribution in [0.1, 0.15) is 66.5 Å². The van der Waals surface area contributed by atoms with Crippen LogP contribution in [0, 0.1) is 0 Å². The number of aliphatic carboxylic acids is 1. The van der Waals surface area contributed by atoms with Gasteiger partial charge in [-0.25, -0.2) is 4.79 Å². The largest absolute Gasteiger partial charge is 0.478 e. The van der Waals surface area contributed by atoms with Gasteiger partial charge in [-0.1, -0.05) is 54.6 Å². The van der Waals surface area contributed by atoms with E-state index in [1.807, 2.05) is 23.0 Å². The van der Waals surface area contributed by atoms with Crippen LogP contribution in [0.3, 0.4) is 0 Å². The Kier molecular flexibility index (Phi) is 6.36. The average molecular weight is 504 g/mol. The molecule has 1 aliphatic heterocycles. The summed E-state index contributed by atoms with van der Waals surface area (Å²) in [4.78, 5) is 13.5. The van der Waals surface area contributed by atoms with Crippen molar-refractivity contribution in [2.75, 3.05) is 4.90 Å². The van der Waals surface area contributed by atoms with E-state index in [-0.39, 0.29) is 6.04 Å². The fraction of sp³-hybridized carbons (Fsp3) is 0.273. The fourth-order valence-electron chi connectivity index (χ4n) is 5.77. The maximum Gasteiger partial charge on any atom is 0.328 e. The highest BCUT2D eigenvalue weighted by molar-refractivity contribution is 5.85. The van der Waals surface area contributed by atoms with E-state index >= 15 is 0 Å². The van der Waals surface area contributed by atoms with E-state index in [4.69, 9.17) is 5.11 Å². The van der Waals surface area contributed by atoms with Crippen molar-refractivity contribution in [1.29, 1.82) is 0 Å². The van der Waals surface area contributed by atoms with Crippen molar-refractivity contribution in [3.63, 3.8) is 0 Å². The Morgan fingerprint density at radius 2 is 1.74 bits per heavy atom. The van der Waals surface area contributed by atoms with E-state index in [9.17, 15) is 4.79 Å². The SMILES string of the molecule is CCn1cc(-c2ccc3c(c2)C[C@@H](C)N(c2ccc(C4CC4)cc2)[C@@H]3c2ccc(/C=C/C(=O)O)cc2)cn1. The molecule has 1 N–H and O–H groups in total. The molecule has 5 nitrogen and oxygen atoms in total. The third kappa shape index (κ3) is 4.76. The normalized spacial score (nSPS) is 19.1. The summed E-state index contributed by atoms with van der Waals surface area (Å²) in [5.41, 5.74) is 9.78. The zero-order valence-electron chi connectivity index (χ0n) is 21.9. The van der Waals surface area contributed by atoms with Gasteiger partial charge in [0.25, 0.3) is 0 Å². The van der Waals surface area contributed by atoms with E-state index in [0.29, 0.717) is 6.04 Å². The molecule has 5 heteroatoms. The summed E-state index contributed by atoms with van der Waals surface area (Å²) < 4.78 is 1.97. The molecule has 38 heavy (non-hydrogen) atoms. The number of nitrogens with zero attached hydrogens (tertiary/aromatic N) is 3. The number of aryl methyl sites for hydroxylation is 1. The number of anilines is 1. The maximum absolute atomic E-state index is 11.0. The Bertz CT molecular complexity index is 1480. The molecule has 0 unspecified atom stereocenters. The van der Waals surface area contributed by atoms with Crippen LogP contribution < -0.4 is 4.90 Å². The van der Waals surface area contributed by atoms with E-state index in [2.05, 4.69) is 84.6 Å². The lowest BCUT2D eigenvalue weighted by molar-refractivity contribution is -0.131. The molecule has 0 bridgehead atoms. The van der Waals surface area contributed by atoms with Gasteiger partial charge in [-0.15, -0.1) is 0 Å². The lowest BCUT2D eigenvalue weighted by Gasteiger charge is -2.44. The standard InChI is InChI=1S/C33H33N3O2/c1-3-35-21-29(20-34-35)27-13-16-31-28(19-27)18-22(2)36(30-14-11-25(12-15-30)24-9-10-24)33(31)26-7-4-23(5-8-26)6-17-32(37)38/h4-8,11-17,19-22,24,33H,3,9-10,18H2,1-2H3,(H,37,38)/b17-6+/t22-,33-/m1/s1. The van der Waals surface area contributed by atoms with Crippen molar-refractivity contribution in [3.8, 4) is 11.1 Å². The molecule has 0 saturated heterocycles. The molecule has 1 saturated carbocycles. The van der Waals surface area contributed by atoms with Gasteiger partial charge in [-0.3, -0.25) is 4.68 Å². The Hall–Kier alpha value is -4.12. The third-order valence-corrected chi connectivity index (χ3v) is 7.91. The van der Waals surface area contributed by atoms with Gasteiger partial charge in [0.1, 0.15) is 0 Å². The van der Waals surface area contributed by atoms with Crippen LogP contribution in [0.15, 0.2) is 85.2 Å². The highest BCUT2D eigenvalue weighted by Crippen LogP contribution is 2.44. The summed E-state index contributed by atoms with van der Waals surface area (Å²) in [6, 6.07) is 24.7. The van der Waals surface area contributed by atoms with Crippen LogP contribution in [0.25, 0.3) is 17.2 Å². The Labute approximate surface area is 224 Å². The minimum Gasteiger partial charge on any atom is -0.478 e. The first-order chi connectivity index (χ1) is 18.5. The highest BCUT2D eigenvalue weighted by atomic mass is 16.4. The summed E-state index contributed by atoms with van der Waals surface area (Å²) in [6.07, 6.45) is 10.5. The summed E-state index contributed by atoms with van der Waals surface area (Å²) in [7, 11) is 0. The lowest BCUT2D eigenvalue weighted by Crippen LogP contribution is -2.42. The van der Waals surface area contributed by atoms with E-state index in [1.165, 1.54) is 52.4 Å². The van der Waals surface area contributed by atoms with Gasteiger partial charge in [0, 0.05) is 36.1 Å². The van der Waals surface area contributed by atoms with Gasteiger partial charge < -0.3 is 10.0 Å². The molecule has 2 atom stereocenters. The molecule has 192 valence electrons. The molecular weight excluding hydrogens is 470 g/mol. The minimum absolute atomic E-state index is 0.0606. The smallest absolute Gasteiger partial charge is 0.328 e. The van der Waals surface area contributed by atoms with Gasteiger partial charge in [0.05, 0.1) is 12.2 Å². The molecule has 2 heterocycles. The molecule has 3 aromatic carbocycles. The Balaban J connectivity index is 1.41. The molecule has 2 aliphatic rings. The van der Waals surface area contributed by atoms with Crippen molar-refractivity contribution < 1.29 is 9.90 Å². The molecule has 6 rings (SSSR count). The van der Waals surface area contributed by atoms with E-state index < -0.39 is 5.97 Å². The first-order valence-corrected chi connectivity index (χ1v) is 13.5. The summed E-state index contributed by atoms with van der Waals surface area (Å²) in [6.45, 7) is 5.27. The number of hydrogen-bond acceptors (Lipinski definition) is 3. The van der Waals surface area contributed by atoms with Crippen LogP contribution in [0.4, 0.5) is 5.69 Å². The van der Waals surface area contributed by atoms with Gasteiger partial charge in [0.15, 0.2) is 0 Å². The van der Waals surface area contributed by atoms with Gasteiger partial charge in [-0.2, -0.15) is 5.10 Å². The molecule has 0 radical (unpaired) electrons. The first kappa shape index (κ1) is 24.2. The molecule has 1 aromatic heterocycles. The number of carboxylic acid groups (broad SMARTS) is 1. The van der Waals surface area contributed by atoms with Crippen LogP contribution in [-0.2, 0) is 17.8 Å². The summed E-state index contributed by atoms with van der Waals surface area (Å²) >= 11 is 0. The fourth-order valence-corrected chi connectivity index (χ4v) is 5.77. The molecule has 0 spiro atoms. The van der Waals surface area contributed by atoms with Crippen molar-refractivity contribution in [2.24, 2.45) is 0 Å². The van der Waals surface area contributed by atoms with Crippen LogP contribution in [0.5, 0.6) is 0 Å². The molecule has 1 fully saturated rings. The van der Waals surface area contributed by atoms with Crippen molar-refractivity contribution in [1.82, 2.24) is 9.78 Å². The third-order valence-electron chi connectivity index (χ3n) is 7.91. The molecule has 4 aromatic rings. The lowest BCUT2D eigenvalue weighted by atomic mass is 9.83. The first-order valence-electron chi connectivity index (χ1n) is 13.5. The molecule has 1 aliphatic carbocycles. The van der Waals surface area contributed by atoms with E-state index in [0.717, 1.165) is 30.0 Å². The van der Waals surface area contributed by atoms with Crippen LogP contribution >= 0.6 is 0 Å². The van der Waals surface area contributed by atoms with Crippen molar-refractivity contribution >= 4 is 17.7 Å². The number of rotatable bonds is 7. The predicted molar refractivity (Wildman–Crippen MR) is 152 cm³/mol. The summed E-state index contributed by atoms with van der Waals surface area (Å²) in [5.74, 6) is -0.202. The quantitative estimate of drug-likeness (QED) is 0.274. The van der Waals surface area contributed by atoms with Crippen molar-refractivity contribution in [3.05, 3.63) is 113 Å². The monoisotopic (exact) mass is 503 g/mol. The predicted octanol–water partition coefficient (Wildman–Crippen LogP) is 7.09. The zero-order chi connectivity index (χ0) is 26.2. The second-order valence-electron chi connectivity index (χ2n) is 10.6. The molecule has 0 amide bonds.